The predicted octanol–water partition coefficient (Wildman–Crippen LogP) is 4.83. The van der Waals surface area contributed by atoms with E-state index in [0.717, 1.165) is 34.0 Å². The Morgan fingerprint density at radius 3 is 2.41 bits per heavy atom. The fourth-order valence-corrected chi connectivity index (χ4v) is 3.59. The average Bonchev–Trinajstić information content (AvgIpc) is 3.19. The van der Waals surface area contributed by atoms with Crippen molar-refractivity contribution in [3.8, 4) is 11.4 Å². The van der Waals surface area contributed by atoms with E-state index in [1.54, 1.807) is 0 Å². The number of carbonyl (C=O) groups excluding carboxylic acids is 1. The van der Waals surface area contributed by atoms with Gasteiger partial charge in [-0.3, -0.25) is 4.79 Å². The highest BCUT2D eigenvalue weighted by molar-refractivity contribution is 9.10. The maximum Gasteiger partial charge on any atom is 0.253 e. The molecular formula is C21H20BrN3O2. The monoisotopic (exact) mass is 425 g/mol. The quantitative estimate of drug-likeness (QED) is 0.602. The van der Waals surface area contributed by atoms with Crippen LogP contribution in [-0.2, 0) is 0 Å². The Balaban J connectivity index is 1.40. The molecule has 4 rings (SSSR count). The predicted molar refractivity (Wildman–Crippen MR) is 106 cm³/mol. The van der Waals surface area contributed by atoms with Gasteiger partial charge in [0.05, 0.1) is 0 Å². The van der Waals surface area contributed by atoms with Gasteiger partial charge in [0.1, 0.15) is 0 Å². The first-order chi connectivity index (χ1) is 13.1. The van der Waals surface area contributed by atoms with Crippen molar-refractivity contribution in [3.63, 3.8) is 0 Å². The molecule has 138 valence electrons. The van der Waals surface area contributed by atoms with Crippen LogP contribution in [0.2, 0.25) is 0 Å². The SMILES string of the molecule is Cc1ccc(C(=O)N2CCC(c3nc(-c4ccc(Br)cc4)no3)CC2)cc1. The molecule has 5 nitrogen and oxygen atoms in total. The summed E-state index contributed by atoms with van der Waals surface area (Å²) in [6.07, 6.45) is 1.67. The van der Waals surface area contributed by atoms with Crippen molar-refractivity contribution in [2.45, 2.75) is 25.7 Å². The van der Waals surface area contributed by atoms with Crippen LogP contribution in [0.1, 0.15) is 40.6 Å². The van der Waals surface area contributed by atoms with Gasteiger partial charge in [0, 0.05) is 34.6 Å². The minimum atomic E-state index is 0.0922. The summed E-state index contributed by atoms with van der Waals surface area (Å²) in [6, 6.07) is 15.6. The number of aryl methyl sites for hydroxylation is 1. The lowest BCUT2D eigenvalue weighted by Crippen LogP contribution is -2.38. The Bertz CT molecular complexity index is 927. The van der Waals surface area contributed by atoms with Gasteiger partial charge in [-0.1, -0.05) is 38.8 Å². The lowest BCUT2D eigenvalue weighted by molar-refractivity contribution is 0.0704. The third-order valence-electron chi connectivity index (χ3n) is 4.97. The number of hydrogen-bond donors (Lipinski definition) is 0. The standard InChI is InChI=1S/C21H20BrN3O2/c1-14-2-4-17(5-3-14)21(26)25-12-10-16(11-13-25)20-23-19(24-27-20)15-6-8-18(22)9-7-15/h2-9,16H,10-13H2,1H3. The third kappa shape index (κ3) is 3.95. The highest BCUT2D eigenvalue weighted by Gasteiger charge is 2.28. The largest absolute Gasteiger partial charge is 0.339 e. The van der Waals surface area contributed by atoms with Crippen LogP contribution in [0.4, 0.5) is 0 Å². The molecule has 1 amide bonds. The zero-order valence-corrected chi connectivity index (χ0v) is 16.6. The molecule has 2 heterocycles. The number of aromatic nitrogens is 2. The molecule has 0 radical (unpaired) electrons. The first-order valence-electron chi connectivity index (χ1n) is 9.05. The molecule has 0 bridgehead atoms. The van der Waals surface area contributed by atoms with E-state index >= 15 is 0 Å². The van der Waals surface area contributed by atoms with Gasteiger partial charge in [0.2, 0.25) is 11.7 Å². The number of likely N-dealkylation sites (tertiary alicyclic amines) is 1. The minimum Gasteiger partial charge on any atom is -0.339 e. The summed E-state index contributed by atoms with van der Waals surface area (Å²) >= 11 is 3.43. The Kier molecular flexibility index (Phi) is 5.07. The highest BCUT2D eigenvalue weighted by Crippen LogP contribution is 2.29. The number of amides is 1. The number of piperidine rings is 1. The Labute approximate surface area is 166 Å². The van der Waals surface area contributed by atoms with Gasteiger partial charge in [-0.05, 0) is 56.2 Å². The molecule has 0 unspecified atom stereocenters. The molecule has 3 aromatic rings. The topological polar surface area (TPSA) is 59.2 Å². The molecule has 6 heteroatoms. The van der Waals surface area contributed by atoms with Crippen LogP contribution in [0.3, 0.4) is 0 Å². The molecule has 1 fully saturated rings. The number of halogens is 1. The van der Waals surface area contributed by atoms with E-state index in [-0.39, 0.29) is 11.8 Å². The zero-order valence-electron chi connectivity index (χ0n) is 15.1. The van der Waals surface area contributed by atoms with Gasteiger partial charge in [-0.15, -0.1) is 0 Å². The van der Waals surface area contributed by atoms with Gasteiger partial charge >= 0.3 is 0 Å². The molecule has 0 saturated carbocycles. The minimum absolute atomic E-state index is 0.0922. The summed E-state index contributed by atoms with van der Waals surface area (Å²) in [5, 5.41) is 4.12. The van der Waals surface area contributed by atoms with E-state index in [4.69, 9.17) is 4.52 Å². The van der Waals surface area contributed by atoms with E-state index in [2.05, 4.69) is 26.1 Å². The van der Waals surface area contributed by atoms with Crippen LogP contribution in [0.15, 0.2) is 57.5 Å². The van der Waals surface area contributed by atoms with Gasteiger partial charge in [-0.25, -0.2) is 0 Å². The third-order valence-corrected chi connectivity index (χ3v) is 5.50. The van der Waals surface area contributed by atoms with Crippen LogP contribution >= 0.6 is 15.9 Å². The first-order valence-corrected chi connectivity index (χ1v) is 9.85. The van der Waals surface area contributed by atoms with Crippen molar-refractivity contribution in [2.24, 2.45) is 0 Å². The van der Waals surface area contributed by atoms with Gasteiger partial charge < -0.3 is 9.42 Å². The summed E-state index contributed by atoms with van der Waals surface area (Å²) < 4.78 is 6.52. The summed E-state index contributed by atoms with van der Waals surface area (Å²) in [7, 11) is 0. The fraction of sp³-hybridized carbons (Fsp3) is 0.286. The molecule has 1 saturated heterocycles. The second kappa shape index (κ2) is 7.64. The maximum absolute atomic E-state index is 12.6. The van der Waals surface area contributed by atoms with Crippen molar-refractivity contribution in [1.82, 2.24) is 15.0 Å². The summed E-state index contributed by atoms with van der Waals surface area (Å²) in [6.45, 7) is 3.42. The average molecular weight is 426 g/mol. The number of benzene rings is 2. The second-order valence-electron chi connectivity index (χ2n) is 6.90. The molecule has 2 aromatic carbocycles. The molecule has 0 atom stereocenters. The van der Waals surface area contributed by atoms with Crippen molar-refractivity contribution >= 4 is 21.8 Å². The van der Waals surface area contributed by atoms with E-state index in [1.165, 1.54) is 0 Å². The Morgan fingerprint density at radius 2 is 1.74 bits per heavy atom. The van der Waals surface area contributed by atoms with Crippen LogP contribution in [-0.4, -0.2) is 34.0 Å². The van der Waals surface area contributed by atoms with Gasteiger partial charge in [0.25, 0.3) is 5.91 Å². The Hall–Kier alpha value is -2.47. The molecule has 0 aliphatic carbocycles. The van der Waals surface area contributed by atoms with Crippen LogP contribution in [0, 0.1) is 6.92 Å². The van der Waals surface area contributed by atoms with Crippen molar-refractivity contribution < 1.29 is 9.32 Å². The molecular weight excluding hydrogens is 406 g/mol. The number of rotatable bonds is 3. The van der Waals surface area contributed by atoms with E-state index in [9.17, 15) is 4.79 Å². The molecule has 1 aliphatic heterocycles. The lowest BCUT2D eigenvalue weighted by Gasteiger charge is -2.30. The van der Waals surface area contributed by atoms with E-state index in [1.807, 2.05) is 60.4 Å². The fourth-order valence-electron chi connectivity index (χ4n) is 3.33. The van der Waals surface area contributed by atoms with Gasteiger partial charge in [-0.2, -0.15) is 4.98 Å². The van der Waals surface area contributed by atoms with Crippen molar-refractivity contribution in [3.05, 3.63) is 70.0 Å². The van der Waals surface area contributed by atoms with E-state index < -0.39 is 0 Å². The van der Waals surface area contributed by atoms with Crippen LogP contribution < -0.4 is 0 Å². The summed E-state index contributed by atoms with van der Waals surface area (Å²) in [5.74, 6) is 1.56. The number of hydrogen-bond acceptors (Lipinski definition) is 4. The molecule has 0 N–H and O–H groups in total. The molecule has 27 heavy (non-hydrogen) atoms. The number of carbonyl (C=O) groups is 1. The summed E-state index contributed by atoms with van der Waals surface area (Å²) in [5.41, 5.74) is 2.83. The first kappa shape index (κ1) is 17.9. The summed E-state index contributed by atoms with van der Waals surface area (Å²) in [4.78, 5) is 19.1. The molecule has 1 aromatic heterocycles. The normalized spacial score (nSPS) is 15.1. The Morgan fingerprint density at radius 1 is 1.07 bits per heavy atom. The smallest absolute Gasteiger partial charge is 0.253 e. The van der Waals surface area contributed by atoms with Gasteiger partial charge in [0.15, 0.2) is 0 Å². The maximum atomic E-state index is 12.6. The molecule has 1 aliphatic rings. The zero-order chi connectivity index (χ0) is 18.8. The van der Waals surface area contributed by atoms with E-state index in [0.29, 0.717) is 24.8 Å². The van der Waals surface area contributed by atoms with Crippen LogP contribution in [0.25, 0.3) is 11.4 Å². The molecule has 0 spiro atoms. The number of nitrogens with zero attached hydrogens (tertiary/aromatic N) is 3. The second-order valence-corrected chi connectivity index (χ2v) is 7.81. The highest BCUT2D eigenvalue weighted by atomic mass is 79.9. The van der Waals surface area contributed by atoms with Crippen LogP contribution in [0.5, 0.6) is 0 Å². The van der Waals surface area contributed by atoms with Crippen molar-refractivity contribution in [1.29, 1.82) is 0 Å². The lowest BCUT2D eigenvalue weighted by atomic mass is 9.96. The van der Waals surface area contributed by atoms with Crippen molar-refractivity contribution in [2.75, 3.05) is 13.1 Å².